The molecule has 0 aliphatic carbocycles. The lowest BCUT2D eigenvalue weighted by molar-refractivity contribution is -0.147. The molecule has 0 saturated carbocycles. The smallest absolute Gasteiger partial charge is 0.325 e. The molecular weight excluding hydrogens is 242 g/mol. The van der Waals surface area contributed by atoms with Crippen LogP contribution >= 0.6 is 0 Å². The number of carbonyl (C=O) groups is 1. The Hall–Kier alpha value is -1.36. The fraction of sp³-hybridized carbons (Fsp3) is 0.714. The predicted molar refractivity (Wildman–Crippen MR) is 75.0 cm³/mol. The molecule has 0 fully saturated rings. The van der Waals surface area contributed by atoms with Crippen LogP contribution in [0.3, 0.4) is 0 Å². The van der Waals surface area contributed by atoms with Gasteiger partial charge in [-0.1, -0.05) is 6.92 Å². The number of hydrogen-bond acceptors (Lipinski definition) is 4. The Labute approximate surface area is 115 Å². The molecule has 0 aliphatic rings. The van der Waals surface area contributed by atoms with Crippen molar-refractivity contribution in [2.75, 3.05) is 7.11 Å². The summed E-state index contributed by atoms with van der Waals surface area (Å²) in [6, 6.07) is 0.0492. The molecule has 1 rings (SSSR count). The molecule has 0 spiro atoms. The summed E-state index contributed by atoms with van der Waals surface area (Å²) < 4.78 is 6.70. The van der Waals surface area contributed by atoms with E-state index >= 15 is 0 Å². The van der Waals surface area contributed by atoms with Gasteiger partial charge in [-0.15, -0.1) is 0 Å². The molecule has 2 unspecified atom stereocenters. The Morgan fingerprint density at radius 2 is 2.11 bits per heavy atom. The van der Waals surface area contributed by atoms with Crippen molar-refractivity contribution in [2.45, 2.75) is 59.0 Å². The van der Waals surface area contributed by atoms with E-state index in [9.17, 15) is 4.79 Å². The summed E-state index contributed by atoms with van der Waals surface area (Å²) in [4.78, 5) is 11.6. The van der Waals surface area contributed by atoms with E-state index in [-0.39, 0.29) is 6.04 Å². The minimum absolute atomic E-state index is 0.0492. The maximum atomic E-state index is 11.6. The van der Waals surface area contributed by atoms with Gasteiger partial charge in [-0.25, -0.2) is 0 Å². The second-order valence-electron chi connectivity index (χ2n) is 5.41. The van der Waals surface area contributed by atoms with Gasteiger partial charge in [0.15, 0.2) is 0 Å². The van der Waals surface area contributed by atoms with Crippen LogP contribution in [-0.4, -0.2) is 28.4 Å². The van der Waals surface area contributed by atoms with Crippen molar-refractivity contribution >= 4 is 5.97 Å². The molecule has 1 aromatic rings. The molecule has 1 heterocycles. The normalized spacial score (nSPS) is 15.9. The van der Waals surface area contributed by atoms with Crippen LogP contribution in [-0.2, 0) is 16.0 Å². The number of carbonyl (C=O) groups excluding carboxylic acids is 1. The highest BCUT2D eigenvalue weighted by molar-refractivity contribution is 5.79. The highest BCUT2D eigenvalue weighted by Gasteiger charge is 2.32. The van der Waals surface area contributed by atoms with E-state index in [1.807, 2.05) is 18.5 Å². The Kier molecular flexibility index (Phi) is 4.74. The van der Waals surface area contributed by atoms with Crippen molar-refractivity contribution in [1.29, 1.82) is 0 Å². The van der Waals surface area contributed by atoms with Gasteiger partial charge in [0.25, 0.3) is 0 Å². The minimum Gasteiger partial charge on any atom is -0.468 e. The zero-order chi connectivity index (χ0) is 14.8. The van der Waals surface area contributed by atoms with Gasteiger partial charge in [0.1, 0.15) is 5.54 Å². The van der Waals surface area contributed by atoms with Crippen LogP contribution < -0.4 is 5.73 Å². The highest BCUT2D eigenvalue weighted by Crippen LogP contribution is 2.24. The summed E-state index contributed by atoms with van der Waals surface area (Å²) in [5, 5.41) is 4.56. The Balaban J connectivity index is 2.96. The molecule has 0 radical (unpaired) electrons. The van der Waals surface area contributed by atoms with E-state index in [1.54, 1.807) is 6.92 Å². The molecule has 2 atom stereocenters. The minimum atomic E-state index is -0.993. The van der Waals surface area contributed by atoms with Crippen LogP contribution in [0.25, 0.3) is 0 Å². The molecule has 5 heteroatoms. The van der Waals surface area contributed by atoms with Gasteiger partial charge in [-0.05, 0) is 46.1 Å². The average molecular weight is 267 g/mol. The van der Waals surface area contributed by atoms with Crippen LogP contribution in [0, 0.1) is 13.8 Å². The van der Waals surface area contributed by atoms with Crippen molar-refractivity contribution in [3.63, 3.8) is 0 Å². The summed E-state index contributed by atoms with van der Waals surface area (Å²) in [6.07, 6.45) is 1.45. The quantitative estimate of drug-likeness (QED) is 0.827. The maximum absolute atomic E-state index is 11.6. The van der Waals surface area contributed by atoms with Crippen LogP contribution in [0.1, 0.15) is 50.2 Å². The Morgan fingerprint density at radius 3 is 2.53 bits per heavy atom. The number of esters is 1. The monoisotopic (exact) mass is 267 g/mol. The van der Waals surface area contributed by atoms with Crippen LogP contribution in [0.4, 0.5) is 0 Å². The van der Waals surface area contributed by atoms with E-state index in [0.717, 1.165) is 17.8 Å². The average Bonchev–Trinajstić information content (AvgIpc) is 2.62. The third-order valence-electron chi connectivity index (χ3n) is 3.62. The maximum Gasteiger partial charge on any atom is 0.325 e. The van der Waals surface area contributed by atoms with Crippen molar-refractivity contribution in [3.05, 3.63) is 17.0 Å². The molecule has 108 valence electrons. The SMILES string of the molecule is CCc1c(C)nn(C(C)CC(C)(N)C(=O)OC)c1C. The first-order valence-corrected chi connectivity index (χ1v) is 6.66. The summed E-state index contributed by atoms with van der Waals surface area (Å²) in [6.45, 7) is 9.90. The molecule has 0 aromatic carbocycles. The zero-order valence-corrected chi connectivity index (χ0v) is 12.8. The molecule has 0 amide bonds. The van der Waals surface area contributed by atoms with Gasteiger partial charge >= 0.3 is 5.97 Å². The van der Waals surface area contributed by atoms with E-state index in [2.05, 4.69) is 18.9 Å². The zero-order valence-electron chi connectivity index (χ0n) is 12.8. The first kappa shape index (κ1) is 15.7. The fourth-order valence-corrected chi connectivity index (χ4v) is 2.65. The molecule has 0 aliphatic heterocycles. The Morgan fingerprint density at radius 1 is 1.53 bits per heavy atom. The first-order chi connectivity index (χ1) is 8.74. The van der Waals surface area contributed by atoms with E-state index in [4.69, 9.17) is 10.5 Å². The van der Waals surface area contributed by atoms with Crippen LogP contribution in [0.5, 0.6) is 0 Å². The van der Waals surface area contributed by atoms with E-state index < -0.39 is 11.5 Å². The summed E-state index contributed by atoms with van der Waals surface area (Å²) in [5.41, 5.74) is 8.49. The number of aromatic nitrogens is 2. The number of hydrogen-bond donors (Lipinski definition) is 1. The topological polar surface area (TPSA) is 70.1 Å². The molecule has 2 N–H and O–H groups in total. The molecular formula is C14H25N3O2. The number of rotatable bonds is 5. The van der Waals surface area contributed by atoms with Crippen LogP contribution in [0.15, 0.2) is 0 Å². The molecule has 0 bridgehead atoms. The van der Waals surface area contributed by atoms with Gasteiger partial charge in [0, 0.05) is 5.69 Å². The van der Waals surface area contributed by atoms with Crippen molar-refractivity contribution in [1.82, 2.24) is 9.78 Å². The molecule has 5 nitrogen and oxygen atoms in total. The van der Waals surface area contributed by atoms with Crippen molar-refractivity contribution < 1.29 is 9.53 Å². The first-order valence-electron chi connectivity index (χ1n) is 6.66. The van der Waals surface area contributed by atoms with Gasteiger partial charge in [0.05, 0.1) is 18.8 Å². The third-order valence-corrected chi connectivity index (χ3v) is 3.62. The lowest BCUT2D eigenvalue weighted by Crippen LogP contribution is -2.47. The van der Waals surface area contributed by atoms with E-state index in [1.165, 1.54) is 12.7 Å². The third kappa shape index (κ3) is 3.15. The summed E-state index contributed by atoms with van der Waals surface area (Å²) in [7, 11) is 1.36. The molecule has 1 aromatic heterocycles. The fourth-order valence-electron chi connectivity index (χ4n) is 2.65. The molecule has 0 saturated heterocycles. The lowest BCUT2D eigenvalue weighted by atomic mass is 9.95. The number of methoxy groups -OCH3 is 1. The van der Waals surface area contributed by atoms with E-state index in [0.29, 0.717) is 6.42 Å². The summed E-state index contributed by atoms with van der Waals surface area (Å²) in [5.74, 6) is -0.392. The lowest BCUT2D eigenvalue weighted by Gasteiger charge is -2.26. The number of ether oxygens (including phenoxy) is 1. The van der Waals surface area contributed by atoms with Crippen molar-refractivity contribution in [3.8, 4) is 0 Å². The second-order valence-corrected chi connectivity index (χ2v) is 5.41. The number of aryl methyl sites for hydroxylation is 1. The highest BCUT2D eigenvalue weighted by atomic mass is 16.5. The summed E-state index contributed by atoms with van der Waals surface area (Å²) >= 11 is 0. The second kappa shape index (κ2) is 5.74. The standard InChI is InChI=1S/C14H25N3O2/c1-7-12-10(3)16-17(11(12)4)9(2)8-14(5,15)13(18)19-6/h9H,7-8,15H2,1-6H3. The van der Waals surface area contributed by atoms with Gasteiger partial charge in [-0.2, -0.15) is 5.10 Å². The van der Waals surface area contributed by atoms with Gasteiger partial charge in [-0.3, -0.25) is 9.48 Å². The Bertz CT molecular complexity index is 464. The number of nitrogens with two attached hydrogens (primary N) is 1. The number of nitrogens with zero attached hydrogens (tertiary/aromatic N) is 2. The molecule has 19 heavy (non-hydrogen) atoms. The van der Waals surface area contributed by atoms with Crippen LogP contribution in [0.2, 0.25) is 0 Å². The van der Waals surface area contributed by atoms with Gasteiger partial charge < -0.3 is 10.5 Å². The largest absolute Gasteiger partial charge is 0.468 e. The van der Waals surface area contributed by atoms with Crippen molar-refractivity contribution in [2.24, 2.45) is 5.73 Å². The van der Waals surface area contributed by atoms with Gasteiger partial charge in [0.2, 0.25) is 0 Å². The predicted octanol–water partition coefficient (Wildman–Crippen LogP) is 1.90.